The molecule has 2 N–H and O–H groups in total. The standard InChI is InChI=1S/C29H48O5/c1-17(14-19(33-6)24(32)34-7)18-15-23(31)27(5)21-9-8-20-25(2,3)22(30)10-11-28(20)16-29(21,28)13-12-26(18,27)4/h17-23,30-31H,8-16H2,1-7H3/t17-,18?,19?,20+,21?,22?,23+,26?,27-,28?,29?/m1/s1. The molecular weight excluding hydrogens is 428 g/mol. The number of hydrogen-bond donors (Lipinski definition) is 2. The second-order valence-electron chi connectivity index (χ2n) is 14.1. The Hall–Kier alpha value is -0.650. The minimum atomic E-state index is -0.541. The van der Waals surface area contributed by atoms with E-state index < -0.39 is 6.10 Å². The van der Waals surface area contributed by atoms with Gasteiger partial charge in [0, 0.05) is 12.5 Å². The number of fused-ring (bicyclic) bond motifs is 2. The van der Waals surface area contributed by atoms with Gasteiger partial charge in [-0.1, -0.05) is 34.6 Å². The average Bonchev–Trinajstić information content (AvgIpc) is 3.42. The highest BCUT2D eigenvalue weighted by Gasteiger charge is 2.83. The lowest BCUT2D eigenvalue weighted by Gasteiger charge is -2.63. The molecule has 0 aromatic carbocycles. The average molecular weight is 477 g/mol. The molecule has 0 radical (unpaired) electrons. The van der Waals surface area contributed by atoms with Gasteiger partial charge in [-0.05, 0) is 103 Å². The van der Waals surface area contributed by atoms with E-state index in [0.717, 1.165) is 25.7 Å². The molecule has 0 bridgehead atoms. The number of carbonyl (C=O) groups is 1. The Kier molecular flexibility index (Phi) is 5.65. The van der Waals surface area contributed by atoms with Gasteiger partial charge in [0.15, 0.2) is 6.10 Å². The van der Waals surface area contributed by atoms with Crippen LogP contribution < -0.4 is 0 Å². The molecule has 5 rings (SSSR count). The van der Waals surface area contributed by atoms with E-state index >= 15 is 0 Å². The van der Waals surface area contributed by atoms with Crippen LogP contribution in [0.2, 0.25) is 0 Å². The van der Waals surface area contributed by atoms with Gasteiger partial charge < -0.3 is 19.7 Å². The highest BCUT2D eigenvalue weighted by atomic mass is 16.6. The van der Waals surface area contributed by atoms with Crippen molar-refractivity contribution in [3.05, 3.63) is 0 Å². The van der Waals surface area contributed by atoms with Crippen LogP contribution in [0.1, 0.15) is 92.4 Å². The maximum absolute atomic E-state index is 12.2. The molecule has 194 valence electrons. The zero-order valence-electron chi connectivity index (χ0n) is 22.5. The van der Waals surface area contributed by atoms with E-state index in [1.54, 1.807) is 7.11 Å². The van der Waals surface area contributed by atoms with Gasteiger partial charge in [-0.3, -0.25) is 0 Å². The second-order valence-corrected chi connectivity index (χ2v) is 14.1. The van der Waals surface area contributed by atoms with Crippen molar-refractivity contribution in [3.63, 3.8) is 0 Å². The maximum Gasteiger partial charge on any atom is 0.334 e. The van der Waals surface area contributed by atoms with Gasteiger partial charge in [-0.25, -0.2) is 4.79 Å². The summed E-state index contributed by atoms with van der Waals surface area (Å²) in [6, 6.07) is 0. The monoisotopic (exact) mass is 476 g/mol. The van der Waals surface area contributed by atoms with Crippen LogP contribution in [0.25, 0.3) is 0 Å². The number of esters is 1. The second kappa shape index (κ2) is 7.68. The lowest BCUT2D eigenvalue weighted by Crippen LogP contribution is -2.59. The number of aliphatic hydroxyl groups is 2. The molecule has 5 fully saturated rings. The van der Waals surface area contributed by atoms with Crippen LogP contribution in [0, 0.1) is 50.7 Å². The van der Waals surface area contributed by atoms with E-state index in [9.17, 15) is 15.0 Å². The third-order valence-corrected chi connectivity index (χ3v) is 13.3. The molecule has 11 atom stereocenters. The van der Waals surface area contributed by atoms with Gasteiger partial charge in [0.1, 0.15) is 0 Å². The van der Waals surface area contributed by atoms with Gasteiger partial charge in [0.2, 0.25) is 0 Å². The van der Waals surface area contributed by atoms with Crippen LogP contribution in [-0.4, -0.2) is 48.7 Å². The van der Waals surface area contributed by atoms with Crippen molar-refractivity contribution in [2.45, 2.75) is 111 Å². The van der Waals surface area contributed by atoms with Crippen LogP contribution in [0.4, 0.5) is 0 Å². The molecule has 7 unspecified atom stereocenters. The fraction of sp³-hybridized carbons (Fsp3) is 0.966. The van der Waals surface area contributed by atoms with Gasteiger partial charge >= 0.3 is 5.97 Å². The number of hydrogen-bond acceptors (Lipinski definition) is 5. The quantitative estimate of drug-likeness (QED) is 0.548. The van der Waals surface area contributed by atoms with Crippen molar-refractivity contribution < 1.29 is 24.5 Å². The minimum absolute atomic E-state index is 0.0111. The summed E-state index contributed by atoms with van der Waals surface area (Å²) in [5.74, 6) is 1.48. The van der Waals surface area contributed by atoms with E-state index in [1.165, 1.54) is 32.8 Å². The summed E-state index contributed by atoms with van der Waals surface area (Å²) in [5, 5.41) is 22.6. The number of rotatable bonds is 5. The SMILES string of the molecule is COC(=O)C(C[C@@H](C)C1C[C@H](O)[C@@]2(C)C3CC[C@H]4C(C)(C)C(O)CCC45CC35CCC12C)OC. The highest BCUT2D eigenvalue weighted by molar-refractivity contribution is 5.74. The Labute approximate surface area is 206 Å². The normalized spacial score (nSPS) is 52.4. The molecule has 0 heterocycles. The van der Waals surface area contributed by atoms with E-state index in [0.29, 0.717) is 35.0 Å². The predicted octanol–water partition coefficient (Wildman–Crippen LogP) is 4.97. The predicted molar refractivity (Wildman–Crippen MR) is 131 cm³/mol. The number of carbonyl (C=O) groups excluding carboxylic acids is 1. The molecule has 34 heavy (non-hydrogen) atoms. The Bertz CT molecular complexity index is 840. The largest absolute Gasteiger partial charge is 0.467 e. The Morgan fingerprint density at radius 3 is 2.24 bits per heavy atom. The topological polar surface area (TPSA) is 76.0 Å². The Morgan fingerprint density at radius 1 is 0.941 bits per heavy atom. The minimum Gasteiger partial charge on any atom is -0.467 e. The van der Waals surface area contributed by atoms with Crippen LogP contribution in [0.3, 0.4) is 0 Å². The first-order valence-corrected chi connectivity index (χ1v) is 13.8. The summed E-state index contributed by atoms with van der Waals surface area (Å²) in [5.41, 5.74) is 0.659. The van der Waals surface area contributed by atoms with Crippen molar-refractivity contribution in [3.8, 4) is 0 Å². The molecule has 2 spiro atoms. The Balaban J connectivity index is 1.44. The molecule has 0 aliphatic heterocycles. The van der Waals surface area contributed by atoms with E-state index in [2.05, 4.69) is 34.6 Å². The smallest absolute Gasteiger partial charge is 0.334 e. The van der Waals surface area contributed by atoms with E-state index in [1.807, 2.05) is 0 Å². The van der Waals surface area contributed by atoms with Crippen LogP contribution in [0.5, 0.6) is 0 Å². The summed E-state index contributed by atoms with van der Waals surface area (Å²) in [7, 11) is 3.01. The Morgan fingerprint density at radius 2 is 1.59 bits per heavy atom. The molecule has 5 nitrogen and oxygen atoms in total. The molecule has 0 saturated heterocycles. The van der Waals surface area contributed by atoms with Crippen molar-refractivity contribution in [1.82, 2.24) is 0 Å². The first kappa shape index (κ1) is 25.0. The van der Waals surface area contributed by atoms with Gasteiger partial charge in [0.05, 0.1) is 19.3 Å². The zero-order valence-corrected chi connectivity index (χ0v) is 22.5. The summed E-state index contributed by atoms with van der Waals surface area (Å²) >= 11 is 0. The van der Waals surface area contributed by atoms with Crippen LogP contribution >= 0.6 is 0 Å². The molecule has 5 saturated carbocycles. The van der Waals surface area contributed by atoms with Gasteiger partial charge in [-0.15, -0.1) is 0 Å². The van der Waals surface area contributed by atoms with E-state index in [4.69, 9.17) is 9.47 Å². The first-order chi connectivity index (χ1) is 15.9. The molecule has 5 heteroatoms. The fourth-order valence-electron chi connectivity index (χ4n) is 11.2. The van der Waals surface area contributed by atoms with Gasteiger partial charge in [-0.2, -0.15) is 0 Å². The van der Waals surface area contributed by atoms with Crippen LogP contribution in [0.15, 0.2) is 0 Å². The fourth-order valence-corrected chi connectivity index (χ4v) is 11.2. The van der Waals surface area contributed by atoms with Crippen LogP contribution in [-0.2, 0) is 14.3 Å². The summed E-state index contributed by atoms with van der Waals surface area (Å²) in [6.45, 7) is 11.7. The third kappa shape index (κ3) is 2.81. The number of methoxy groups -OCH3 is 2. The van der Waals surface area contributed by atoms with Crippen molar-refractivity contribution in [2.75, 3.05) is 14.2 Å². The first-order valence-electron chi connectivity index (χ1n) is 13.8. The van der Waals surface area contributed by atoms with Crippen molar-refractivity contribution in [1.29, 1.82) is 0 Å². The summed E-state index contributed by atoms with van der Waals surface area (Å²) < 4.78 is 10.5. The molecule has 0 aromatic rings. The van der Waals surface area contributed by atoms with Crippen molar-refractivity contribution in [2.24, 2.45) is 50.7 Å². The molecule has 0 amide bonds. The molecule has 5 aliphatic carbocycles. The molecular formula is C29H48O5. The van der Waals surface area contributed by atoms with E-state index in [-0.39, 0.29) is 40.3 Å². The zero-order chi connectivity index (χ0) is 24.9. The highest BCUT2D eigenvalue weighted by Crippen LogP contribution is 2.89. The molecule has 0 aromatic heterocycles. The number of ether oxygens (including phenoxy) is 2. The summed E-state index contributed by atoms with van der Waals surface area (Å²) in [6.07, 6.45) is 8.59. The molecule has 5 aliphatic rings. The lowest BCUT2D eigenvalue weighted by molar-refractivity contribution is -0.182. The lowest BCUT2D eigenvalue weighted by atomic mass is 9.41. The van der Waals surface area contributed by atoms with Crippen molar-refractivity contribution >= 4 is 5.97 Å². The van der Waals surface area contributed by atoms with Gasteiger partial charge in [0.25, 0.3) is 0 Å². The summed E-state index contributed by atoms with van der Waals surface area (Å²) in [4.78, 5) is 12.2. The maximum atomic E-state index is 12.2. The third-order valence-electron chi connectivity index (χ3n) is 13.3. The number of aliphatic hydroxyl groups excluding tert-OH is 2.